The fourth-order valence-corrected chi connectivity index (χ4v) is 2.41. The third-order valence-corrected chi connectivity index (χ3v) is 4.58. The summed E-state index contributed by atoms with van der Waals surface area (Å²) in [7, 11) is 0. The molecule has 1 aliphatic rings. The summed E-state index contributed by atoms with van der Waals surface area (Å²) in [5.41, 5.74) is 0.945. The maximum Gasteiger partial charge on any atom is 0.0841 e. The molecule has 15 heavy (non-hydrogen) atoms. The van der Waals surface area contributed by atoms with Crippen LogP contribution in [0.4, 0.5) is 0 Å². The van der Waals surface area contributed by atoms with E-state index in [0.29, 0.717) is 6.61 Å². The maximum absolute atomic E-state index is 10.1. The minimum atomic E-state index is -0.420. The van der Waals surface area contributed by atoms with E-state index in [1.807, 2.05) is 18.2 Å². The number of halogens is 2. The minimum absolute atomic E-state index is 0.234. The Morgan fingerprint density at radius 3 is 2.73 bits per heavy atom. The summed E-state index contributed by atoms with van der Waals surface area (Å²) < 4.78 is 7.24. The van der Waals surface area contributed by atoms with Gasteiger partial charge in [-0.15, -0.1) is 0 Å². The standard InChI is InChI=1S/C11H12Br2O2/c12-9-2-1-7(5-10(9)13)11(14)8-3-4-15-6-8/h1-2,5,8,11,14H,3-4,6H2. The van der Waals surface area contributed by atoms with Gasteiger partial charge in [-0.3, -0.25) is 0 Å². The van der Waals surface area contributed by atoms with Gasteiger partial charge in [0.1, 0.15) is 0 Å². The van der Waals surface area contributed by atoms with Gasteiger partial charge in [-0.05, 0) is 56.0 Å². The average Bonchev–Trinajstić information content (AvgIpc) is 2.74. The van der Waals surface area contributed by atoms with Crippen molar-refractivity contribution in [3.05, 3.63) is 32.7 Å². The lowest BCUT2D eigenvalue weighted by atomic mass is 9.95. The van der Waals surface area contributed by atoms with E-state index in [9.17, 15) is 5.11 Å². The van der Waals surface area contributed by atoms with Gasteiger partial charge in [0.05, 0.1) is 12.7 Å². The largest absolute Gasteiger partial charge is 0.388 e. The van der Waals surface area contributed by atoms with Crippen LogP contribution < -0.4 is 0 Å². The highest BCUT2D eigenvalue weighted by molar-refractivity contribution is 9.13. The van der Waals surface area contributed by atoms with Gasteiger partial charge >= 0.3 is 0 Å². The molecule has 82 valence electrons. The fraction of sp³-hybridized carbons (Fsp3) is 0.455. The number of aliphatic hydroxyl groups excluding tert-OH is 1. The van der Waals surface area contributed by atoms with Crippen molar-refractivity contribution in [1.82, 2.24) is 0 Å². The molecule has 0 amide bonds. The predicted molar refractivity (Wildman–Crippen MR) is 65.7 cm³/mol. The molecule has 1 heterocycles. The van der Waals surface area contributed by atoms with Gasteiger partial charge in [-0.2, -0.15) is 0 Å². The lowest BCUT2D eigenvalue weighted by Crippen LogP contribution is -2.12. The first kappa shape index (κ1) is 11.6. The van der Waals surface area contributed by atoms with Crippen LogP contribution >= 0.6 is 31.9 Å². The number of aliphatic hydroxyl groups is 1. The molecule has 0 aromatic heterocycles. The molecule has 4 heteroatoms. The van der Waals surface area contributed by atoms with Gasteiger partial charge < -0.3 is 9.84 Å². The number of ether oxygens (including phenoxy) is 1. The van der Waals surface area contributed by atoms with Gasteiger partial charge in [-0.25, -0.2) is 0 Å². The smallest absolute Gasteiger partial charge is 0.0841 e. The summed E-state index contributed by atoms with van der Waals surface area (Å²) in [6.07, 6.45) is 0.520. The van der Waals surface area contributed by atoms with E-state index in [-0.39, 0.29) is 5.92 Å². The zero-order valence-electron chi connectivity index (χ0n) is 8.12. The van der Waals surface area contributed by atoms with Crippen molar-refractivity contribution in [2.45, 2.75) is 12.5 Å². The van der Waals surface area contributed by atoms with Crippen LogP contribution in [0.25, 0.3) is 0 Å². The van der Waals surface area contributed by atoms with E-state index < -0.39 is 6.10 Å². The average molecular weight is 336 g/mol. The molecule has 2 unspecified atom stereocenters. The number of benzene rings is 1. The predicted octanol–water partition coefficient (Wildman–Crippen LogP) is 3.28. The van der Waals surface area contributed by atoms with Gasteiger partial charge in [0, 0.05) is 21.5 Å². The maximum atomic E-state index is 10.1. The molecular formula is C11H12Br2O2. The lowest BCUT2D eigenvalue weighted by molar-refractivity contribution is 0.0917. The topological polar surface area (TPSA) is 29.5 Å². The quantitative estimate of drug-likeness (QED) is 0.898. The molecule has 1 fully saturated rings. The Kier molecular flexibility index (Phi) is 3.83. The van der Waals surface area contributed by atoms with Crippen LogP contribution in [0.2, 0.25) is 0 Å². The molecular weight excluding hydrogens is 324 g/mol. The highest BCUT2D eigenvalue weighted by Gasteiger charge is 2.25. The number of hydrogen-bond acceptors (Lipinski definition) is 2. The second-order valence-electron chi connectivity index (χ2n) is 3.74. The second kappa shape index (κ2) is 4.95. The van der Waals surface area contributed by atoms with Gasteiger partial charge in [0.2, 0.25) is 0 Å². The van der Waals surface area contributed by atoms with Crippen LogP contribution in [-0.4, -0.2) is 18.3 Å². The van der Waals surface area contributed by atoms with Crippen LogP contribution in [0.1, 0.15) is 18.1 Å². The minimum Gasteiger partial charge on any atom is -0.388 e. The molecule has 1 aromatic carbocycles. The van der Waals surface area contributed by atoms with E-state index in [4.69, 9.17) is 4.74 Å². The summed E-state index contributed by atoms with van der Waals surface area (Å²) in [5, 5.41) is 10.1. The van der Waals surface area contributed by atoms with Crippen molar-refractivity contribution in [2.75, 3.05) is 13.2 Å². The van der Waals surface area contributed by atoms with E-state index >= 15 is 0 Å². The Balaban J connectivity index is 2.17. The van der Waals surface area contributed by atoms with E-state index in [1.54, 1.807) is 0 Å². The molecule has 1 aromatic rings. The van der Waals surface area contributed by atoms with Crippen molar-refractivity contribution >= 4 is 31.9 Å². The number of rotatable bonds is 2. The first-order valence-electron chi connectivity index (χ1n) is 4.89. The van der Waals surface area contributed by atoms with Crippen LogP contribution in [0.15, 0.2) is 27.1 Å². The molecule has 0 bridgehead atoms. The lowest BCUT2D eigenvalue weighted by Gasteiger charge is -2.17. The van der Waals surface area contributed by atoms with Crippen LogP contribution in [0.5, 0.6) is 0 Å². The fourth-order valence-electron chi connectivity index (χ4n) is 1.77. The highest BCUT2D eigenvalue weighted by atomic mass is 79.9. The Labute approximate surface area is 106 Å². The molecule has 1 aliphatic heterocycles. The summed E-state index contributed by atoms with van der Waals surface area (Å²) in [5.74, 6) is 0.234. The van der Waals surface area contributed by atoms with Crippen molar-refractivity contribution in [2.24, 2.45) is 5.92 Å². The normalized spacial score (nSPS) is 23.0. The van der Waals surface area contributed by atoms with E-state index in [0.717, 1.165) is 27.5 Å². The van der Waals surface area contributed by atoms with Crippen molar-refractivity contribution < 1.29 is 9.84 Å². The third-order valence-electron chi connectivity index (χ3n) is 2.70. The van der Waals surface area contributed by atoms with Crippen molar-refractivity contribution in [3.63, 3.8) is 0 Å². The Morgan fingerprint density at radius 1 is 1.33 bits per heavy atom. The Bertz CT molecular complexity index is 348. The van der Waals surface area contributed by atoms with Gasteiger partial charge in [0.15, 0.2) is 0 Å². The summed E-state index contributed by atoms with van der Waals surface area (Å²) in [6.45, 7) is 1.42. The van der Waals surface area contributed by atoms with Crippen molar-refractivity contribution in [1.29, 1.82) is 0 Å². The third kappa shape index (κ3) is 2.61. The molecule has 0 spiro atoms. The molecule has 1 saturated heterocycles. The Hall–Kier alpha value is 0.1000. The zero-order chi connectivity index (χ0) is 10.8. The van der Waals surface area contributed by atoms with Crippen LogP contribution in [-0.2, 0) is 4.74 Å². The van der Waals surface area contributed by atoms with Crippen LogP contribution in [0, 0.1) is 5.92 Å². The summed E-state index contributed by atoms with van der Waals surface area (Å²) in [6, 6.07) is 5.84. The van der Waals surface area contributed by atoms with E-state index in [1.165, 1.54) is 0 Å². The van der Waals surface area contributed by atoms with E-state index in [2.05, 4.69) is 31.9 Å². The molecule has 0 aliphatic carbocycles. The monoisotopic (exact) mass is 334 g/mol. The summed E-state index contributed by atoms with van der Waals surface area (Å²) in [4.78, 5) is 0. The summed E-state index contributed by atoms with van der Waals surface area (Å²) >= 11 is 6.84. The molecule has 2 nitrogen and oxygen atoms in total. The first-order valence-corrected chi connectivity index (χ1v) is 6.48. The zero-order valence-corrected chi connectivity index (χ0v) is 11.3. The second-order valence-corrected chi connectivity index (χ2v) is 5.45. The molecule has 1 N–H and O–H groups in total. The van der Waals surface area contributed by atoms with Crippen molar-refractivity contribution in [3.8, 4) is 0 Å². The highest BCUT2D eigenvalue weighted by Crippen LogP contribution is 2.32. The van der Waals surface area contributed by atoms with Gasteiger partial charge in [-0.1, -0.05) is 6.07 Å². The number of hydrogen-bond donors (Lipinski definition) is 1. The Morgan fingerprint density at radius 2 is 2.13 bits per heavy atom. The van der Waals surface area contributed by atoms with Gasteiger partial charge in [0.25, 0.3) is 0 Å². The SMILES string of the molecule is OC(c1ccc(Br)c(Br)c1)C1CCOC1. The molecule has 0 radical (unpaired) electrons. The first-order chi connectivity index (χ1) is 7.18. The molecule has 2 rings (SSSR count). The van der Waals surface area contributed by atoms with Crippen LogP contribution in [0.3, 0.4) is 0 Å². The molecule has 2 atom stereocenters. The molecule has 0 saturated carbocycles.